The Labute approximate surface area is 166 Å². The van der Waals surface area contributed by atoms with Crippen LogP contribution in [0.15, 0.2) is 42.5 Å². The zero-order valence-corrected chi connectivity index (χ0v) is 17.2. The van der Waals surface area contributed by atoms with Crippen LogP contribution in [0.4, 0.5) is 10.5 Å². The number of fused-ring (bicyclic) bond motifs is 3. The number of carbonyl (C=O) groups is 1. The minimum Gasteiger partial charge on any atom is -0.358 e. The van der Waals surface area contributed by atoms with Gasteiger partial charge >= 0.3 is 6.03 Å². The first-order valence-electron chi connectivity index (χ1n) is 10.2. The Morgan fingerprint density at radius 3 is 2.36 bits per heavy atom. The van der Waals surface area contributed by atoms with Gasteiger partial charge in [0.05, 0.1) is 0 Å². The van der Waals surface area contributed by atoms with Gasteiger partial charge in [0, 0.05) is 47.4 Å². The van der Waals surface area contributed by atoms with E-state index >= 15 is 0 Å². The van der Waals surface area contributed by atoms with Gasteiger partial charge in [-0.05, 0) is 29.0 Å². The van der Waals surface area contributed by atoms with Gasteiger partial charge in [0.25, 0.3) is 0 Å². The van der Waals surface area contributed by atoms with Crippen molar-refractivity contribution in [2.45, 2.75) is 52.5 Å². The molecule has 2 heterocycles. The summed E-state index contributed by atoms with van der Waals surface area (Å²) in [6.07, 6.45) is 0.861. The van der Waals surface area contributed by atoms with Crippen LogP contribution in [0.5, 0.6) is 0 Å². The second kappa shape index (κ2) is 7.34. The molecule has 1 aromatic heterocycles. The maximum Gasteiger partial charge on any atom is 0.322 e. The number of anilines is 1. The number of para-hydroxylation sites is 2. The Morgan fingerprint density at radius 1 is 1.00 bits per heavy atom. The lowest BCUT2D eigenvalue weighted by Gasteiger charge is -2.29. The fraction of sp³-hybridized carbons (Fsp3) is 0.375. The van der Waals surface area contributed by atoms with E-state index in [0.717, 1.165) is 24.2 Å². The van der Waals surface area contributed by atoms with E-state index in [4.69, 9.17) is 0 Å². The van der Waals surface area contributed by atoms with Crippen molar-refractivity contribution in [1.29, 1.82) is 0 Å². The van der Waals surface area contributed by atoms with E-state index in [0.29, 0.717) is 18.4 Å². The summed E-state index contributed by atoms with van der Waals surface area (Å²) in [4.78, 5) is 18.6. The van der Waals surface area contributed by atoms with Crippen LogP contribution in [0.25, 0.3) is 10.9 Å². The molecule has 0 radical (unpaired) electrons. The first-order valence-corrected chi connectivity index (χ1v) is 10.2. The summed E-state index contributed by atoms with van der Waals surface area (Å²) in [6.45, 7) is 10.1. The first kappa shape index (κ1) is 18.6. The number of benzene rings is 2. The van der Waals surface area contributed by atoms with Crippen LogP contribution in [-0.2, 0) is 13.0 Å². The molecule has 146 valence electrons. The monoisotopic (exact) mass is 375 g/mol. The molecule has 1 aliphatic rings. The average molecular weight is 376 g/mol. The largest absolute Gasteiger partial charge is 0.358 e. The van der Waals surface area contributed by atoms with E-state index in [1.54, 1.807) is 0 Å². The van der Waals surface area contributed by atoms with Gasteiger partial charge in [-0.2, -0.15) is 0 Å². The Kier molecular flexibility index (Phi) is 4.88. The summed E-state index contributed by atoms with van der Waals surface area (Å²) >= 11 is 0. The Balaban J connectivity index is 1.62. The summed E-state index contributed by atoms with van der Waals surface area (Å²) in [7, 11) is 0. The Hall–Kier alpha value is -2.75. The number of aromatic nitrogens is 1. The van der Waals surface area contributed by atoms with Crippen LogP contribution < -0.4 is 5.32 Å². The van der Waals surface area contributed by atoms with Crippen LogP contribution in [0.2, 0.25) is 0 Å². The molecule has 0 spiro atoms. The summed E-state index contributed by atoms with van der Waals surface area (Å²) in [5.41, 5.74) is 7.05. The molecule has 0 saturated heterocycles. The zero-order valence-electron chi connectivity index (χ0n) is 17.2. The lowest BCUT2D eigenvalue weighted by atomic mass is 9.92. The molecule has 4 rings (SSSR count). The molecule has 2 amide bonds. The van der Waals surface area contributed by atoms with Crippen molar-refractivity contribution in [3.05, 3.63) is 64.8 Å². The van der Waals surface area contributed by atoms with E-state index in [1.807, 2.05) is 11.0 Å². The van der Waals surface area contributed by atoms with Crippen molar-refractivity contribution in [1.82, 2.24) is 9.88 Å². The molecule has 0 saturated carbocycles. The van der Waals surface area contributed by atoms with Crippen LogP contribution >= 0.6 is 0 Å². The summed E-state index contributed by atoms with van der Waals surface area (Å²) in [6, 6.07) is 14.7. The van der Waals surface area contributed by atoms with Gasteiger partial charge in [-0.1, -0.05) is 64.1 Å². The first-order chi connectivity index (χ1) is 13.5. The maximum atomic E-state index is 13.2. The molecular weight excluding hydrogens is 346 g/mol. The van der Waals surface area contributed by atoms with Crippen molar-refractivity contribution in [3.63, 3.8) is 0 Å². The van der Waals surface area contributed by atoms with Crippen LogP contribution in [0.3, 0.4) is 0 Å². The van der Waals surface area contributed by atoms with Gasteiger partial charge in [0.1, 0.15) is 0 Å². The second-order valence-corrected chi connectivity index (χ2v) is 8.35. The van der Waals surface area contributed by atoms with Crippen molar-refractivity contribution >= 4 is 22.6 Å². The highest BCUT2D eigenvalue weighted by atomic mass is 16.2. The lowest BCUT2D eigenvalue weighted by Crippen LogP contribution is -2.39. The van der Waals surface area contributed by atoms with Gasteiger partial charge in [-0.25, -0.2) is 4.79 Å². The Bertz CT molecular complexity index is 990. The second-order valence-electron chi connectivity index (χ2n) is 8.35. The molecule has 4 heteroatoms. The predicted octanol–water partition coefficient (Wildman–Crippen LogP) is 6.00. The lowest BCUT2D eigenvalue weighted by molar-refractivity contribution is 0.206. The fourth-order valence-corrected chi connectivity index (χ4v) is 4.22. The van der Waals surface area contributed by atoms with Gasteiger partial charge in [-0.15, -0.1) is 0 Å². The van der Waals surface area contributed by atoms with Crippen molar-refractivity contribution in [2.75, 3.05) is 11.9 Å². The molecule has 2 N–H and O–H groups in total. The molecule has 0 aliphatic carbocycles. The normalized spacial score (nSPS) is 14.0. The number of H-pyrrole nitrogens is 1. The molecule has 0 unspecified atom stereocenters. The summed E-state index contributed by atoms with van der Waals surface area (Å²) in [5.74, 6) is 0.714. The topological polar surface area (TPSA) is 48.1 Å². The number of carbonyl (C=O) groups excluding carboxylic acids is 1. The van der Waals surface area contributed by atoms with Crippen molar-refractivity contribution in [2.24, 2.45) is 0 Å². The van der Waals surface area contributed by atoms with Crippen molar-refractivity contribution < 1.29 is 4.79 Å². The van der Waals surface area contributed by atoms with E-state index in [1.165, 1.54) is 27.8 Å². The van der Waals surface area contributed by atoms with Crippen LogP contribution in [-0.4, -0.2) is 22.5 Å². The third-order valence-corrected chi connectivity index (χ3v) is 5.77. The standard InChI is InChI=1S/C24H29N3O/c1-15(2)17-9-7-10-18(16(3)4)23(17)26-24(28)27-13-12-22-20(14-27)19-8-5-6-11-21(19)25-22/h5-11,15-16,25H,12-14H2,1-4H3,(H,26,28). The molecule has 4 nitrogen and oxygen atoms in total. The van der Waals surface area contributed by atoms with E-state index in [-0.39, 0.29) is 6.03 Å². The number of hydrogen-bond acceptors (Lipinski definition) is 1. The molecule has 0 fully saturated rings. The number of hydrogen-bond donors (Lipinski definition) is 2. The molecule has 0 bridgehead atoms. The molecular formula is C24H29N3O. The Morgan fingerprint density at radius 2 is 1.68 bits per heavy atom. The number of aromatic amines is 1. The van der Waals surface area contributed by atoms with Gasteiger partial charge in [0.15, 0.2) is 0 Å². The van der Waals surface area contributed by atoms with Gasteiger partial charge < -0.3 is 15.2 Å². The SMILES string of the molecule is CC(C)c1cccc(C(C)C)c1NC(=O)N1CCc2[nH]c3ccccc3c2C1. The highest BCUT2D eigenvalue weighted by Gasteiger charge is 2.25. The van der Waals surface area contributed by atoms with Crippen molar-refractivity contribution in [3.8, 4) is 0 Å². The number of rotatable bonds is 3. The third-order valence-electron chi connectivity index (χ3n) is 5.77. The third kappa shape index (κ3) is 3.28. The van der Waals surface area contributed by atoms with E-state index < -0.39 is 0 Å². The maximum absolute atomic E-state index is 13.2. The number of amides is 2. The molecule has 3 aromatic rings. The van der Waals surface area contributed by atoms with Gasteiger partial charge in [-0.3, -0.25) is 0 Å². The quantitative estimate of drug-likeness (QED) is 0.579. The number of nitrogens with zero attached hydrogens (tertiary/aromatic N) is 1. The van der Waals surface area contributed by atoms with Gasteiger partial charge in [0.2, 0.25) is 0 Å². The number of urea groups is 1. The van der Waals surface area contributed by atoms with E-state index in [9.17, 15) is 4.79 Å². The summed E-state index contributed by atoms with van der Waals surface area (Å²) < 4.78 is 0. The minimum atomic E-state index is -0.00840. The number of nitrogens with one attached hydrogen (secondary N) is 2. The molecule has 0 atom stereocenters. The van der Waals surface area contributed by atoms with Crippen LogP contribution in [0.1, 0.15) is 61.9 Å². The molecule has 28 heavy (non-hydrogen) atoms. The van der Waals surface area contributed by atoms with Crippen LogP contribution in [0, 0.1) is 0 Å². The average Bonchev–Trinajstić information content (AvgIpc) is 3.05. The molecule has 2 aromatic carbocycles. The molecule has 1 aliphatic heterocycles. The predicted molar refractivity (Wildman–Crippen MR) is 116 cm³/mol. The minimum absolute atomic E-state index is 0.00840. The smallest absolute Gasteiger partial charge is 0.322 e. The zero-order chi connectivity index (χ0) is 19.8. The van der Waals surface area contributed by atoms with E-state index in [2.05, 4.69) is 74.4 Å². The fourth-order valence-electron chi connectivity index (χ4n) is 4.22. The summed E-state index contributed by atoms with van der Waals surface area (Å²) in [5, 5.41) is 4.48. The highest BCUT2D eigenvalue weighted by molar-refractivity contribution is 5.92. The highest BCUT2D eigenvalue weighted by Crippen LogP contribution is 2.33.